The summed E-state index contributed by atoms with van der Waals surface area (Å²) in [5, 5.41) is 4.17. The number of nitrogens with zero attached hydrogens (tertiary/aromatic N) is 1. The minimum atomic E-state index is -0.724. The first-order chi connectivity index (χ1) is 7.53. The maximum Gasteiger partial charge on any atom is 0.121 e. The van der Waals surface area contributed by atoms with Crippen molar-refractivity contribution >= 4 is 29.0 Å². The van der Waals surface area contributed by atoms with Crippen molar-refractivity contribution in [3.05, 3.63) is 33.8 Å². The number of hydrogen-bond acceptors (Lipinski definition) is 3. The summed E-state index contributed by atoms with van der Waals surface area (Å²) in [6, 6.07) is 5.45. The highest BCUT2D eigenvalue weighted by Crippen LogP contribution is 2.32. The number of amidine groups is 1. The van der Waals surface area contributed by atoms with Gasteiger partial charge in [-0.1, -0.05) is 35.3 Å². The van der Waals surface area contributed by atoms with Crippen LogP contribution >= 0.6 is 23.2 Å². The van der Waals surface area contributed by atoms with E-state index in [1.807, 2.05) is 19.1 Å². The molecule has 1 aliphatic heterocycles. The maximum absolute atomic E-state index is 6.28. The summed E-state index contributed by atoms with van der Waals surface area (Å²) in [5.41, 5.74) is 6.34. The highest BCUT2D eigenvalue weighted by atomic mass is 35.5. The van der Waals surface area contributed by atoms with Crippen LogP contribution in [-0.4, -0.2) is 18.9 Å². The molecule has 1 unspecified atom stereocenters. The van der Waals surface area contributed by atoms with Crippen molar-refractivity contribution in [2.45, 2.75) is 12.5 Å². The predicted octanol–water partition coefficient (Wildman–Crippen LogP) is 2.17. The molecule has 1 aliphatic rings. The predicted molar refractivity (Wildman–Crippen MR) is 68.3 cm³/mol. The van der Waals surface area contributed by atoms with Gasteiger partial charge in [0.15, 0.2) is 0 Å². The van der Waals surface area contributed by atoms with Crippen LogP contribution in [0.2, 0.25) is 10.0 Å². The van der Waals surface area contributed by atoms with E-state index in [0.717, 1.165) is 24.5 Å². The van der Waals surface area contributed by atoms with Gasteiger partial charge in [0.25, 0.3) is 0 Å². The van der Waals surface area contributed by atoms with Crippen molar-refractivity contribution in [2.75, 3.05) is 13.1 Å². The van der Waals surface area contributed by atoms with Crippen molar-refractivity contribution < 1.29 is 0 Å². The summed E-state index contributed by atoms with van der Waals surface area (Å²) in [5.74, 6) is 0.761. The first kappa shape index (κ1) is 11.7. The van der Waals surface area contributed by atoms with Crippen LogP contribution in [0.5, 0.6) is 0 Å². The molecule has 0 saturated heterocycles. The summed E-state index contributed by atoms with van der Waals surface area (Å²) in [4.78, 5) is 4.33. The second-order valence-corrected chi connectivity index (χ2v) is 4.75. The highest BCUT2D eigenvalue weighted by molar-refractivity contribution is 6.42. The number of rotatable bonds is 2. The first-order valence-corrected chi connectivity index (χ1v) is 5.81. The molecule has 0 amide bonds. The van der Waals surface area contributed by atoms with Crippen molar-refractivity contribution in [1.82, 2.24) is 5.32 Å². The van der Waals surface area contributed by atoms with Crippen LogP contribution in [0.4, 0.5) is 0 Å². The smallest absolute Gasteiger partial charge is 0.121 e. The Labute approximate surface area is 105 Å². The number of nitrogens with one attached hydrogen (secondary N) is 1. The number of aliphatic imine (C=N–C) groups is 1. The summed E-state index contributed by atoms with van der Waals surface area (Å²) in [7, 11) is 0. The lowest BCUT2D eigenvalue weighted by Gasteiger charge is -2.26. The molecule has 0 radical (unpaired) electrons. The van der Waals surface area contributed by atoms with Gasteiger partial charge in [0.05, 0.1) is 22.1 Å². The van der Waals surface area contributed by atoms with Crippen molar-refractivity contribution in [3.63, 3.8) is 0 Å². The molecule has 3 nitrogen and oxygen atoms in total. The van der Waals surface area contributed by atoms with Crippen molar-refractivity contribution in [2.24, 2.45) is 10.7 Å². The monoisotopic (exact) mass is 257 g/mol. The molecular formula is C11H13Cl2N3. The van der Waals surface area contributed by atoms with Gasteiger partial charge < -0.3 is 11.1 Å². The third-order valence-electron chi connectivity index (χ3n) is 2.68. The van der Waals surface area contributed by atoms with Crippen LogP contribution in [0.25, 0.3) is 0 Å². The number of nitrogens with two attached hydrogens (primary N) is 1. The van der Waals surface area contributed by atoms with E-state index >= 15 is 0 Å². The molecule has 0 spiro atoms. The largest absolute Gasteiger partial charge is 0.370 e. The Morgan fingerprint density at radius 3 is 2.81 bits per heavy atom. The maximum atomic E-state index is 6.28. The molecule has 3 N–H and O–H groups in total. The SMILES string of the molecule is CC(N)(C1=NCCN1)c1cccc(Cl)c1Cl. The zero-order valence-corrected chi connectivity index (χ0v) is 10.4. The van der Waals surface area contributed by atoms with E-state index < -0.39 is 5.54 Å². The van der Waals surface area contributed by atoms with Crippen LogP contribution in [0.15, 0.2) is 23.2 Å². The molecule has 0 bridgehead atoms. The van der Waals surface area contributed by atoms with Gasteiger partial charge in [-0.2, -0.15) is 0 Å². The number of benzene rings is 1. The Balaban J connectivity index is 2.46. The second kappa shape index (κ2) is 4.24. The average Bonchev–Trinajstić information content (AvgIpc) is 2.75. The van der Waals surface area contributed by atoms with Crippen molar-refractivity contribution in [1.29, 1.82) is 0 Å². The Kier molecular flexibility index (Phi) is 3.10. The third-order valence-corrected chi connectivity index (χ3v) is 3.50. The summed E-state index contributed by atoms with van der Waals surface area (Å²) >= 11 is 12.1. The fourth-order valence-electron chi connectivity index (χ4n) is 1.78. The standard InChI is InChI=1S/C11H13Cl2N3/c1-11(14,10-15-5-6-16-10)7-3-2-4-8(12)9(7)13/h2-4H,5-6,14H2,1H3,(H,15,16). The summed E-state index contributed by atoms with van der Waals surface area (Å²) < 4.78 is 0. The van der Waals surface area contributed by atoms with E-state index in [-0.39, 0.29) is 0 Å². The average molecular weight is 258 g/mol. The summed E-state index contributed by atoms with van der Waals surface area (Å²) in [6.07, 6.45) is 0. The molecule has 0 aromatic heterocycles. The number of hydrogen-bond donors (Lipinski definition) is 2. The van der Waals surface area contributed by atoms with Crippen LogP contribution in [0.3, 0.4) is 0 Å². The lowest BCUT2D eigenvalue weighted by atomic mass is 9.92. The van der Waals surface area contributed by atoms with E-state index in [9.17, 15) is 0 Å². The first-order valence-electron chi connectivity index (χ1n) is 5.05. The van der Waals surface area contributed by atoms with E-state index in [2.05, 4.69) is 10.3 Å². The van der Waals surface area contributed by atoms with Gasteiger partial charge in [0.1, 0.15) is 5.84 Å². The van der Waals surface area contributed by atoms with E-state index in [1.54, 1.807) is 6.07 Å². The lowest BCUT2D eigenvalue weighted by molar-refractivity contribution is 0.656. The van der Waals surface area contributed by atoms with Gasteiger partial charge in [-0.15, -0.1) is 0 Å². The molecule has 0 saturated carbocycles. The Morgan fingerprint density at radius 2 is 2.19 bits per heavy atom. The van der Waals surface area contributed by atoms with Gasteiger partial charge in [-0.25, -0.2) is 0 Å². The van der Waals surface area contributed by atoms with Crippen LogP contribution in [0.1, 0.15) is 12.5 Å². The molecule has 2 rings (SSSR count). The van der Waals surface area contributed by atoms with Gasteiger partial charge >= 0.3 is 0 Å². The van der Waals surface area contributed by atoms with E-state index in [1.165, 1.54) is 0 Å². The Morgan fingerprint density at radius 1 is 1.44 bits per heavy atom. The van der Waals surface area contributed by atoms with Crippen LogP contribution in [-0.2, 0) is 5.54 Å². The van der Waals surface area contributed by atoms with Gasteiger partial charge in [-0.05, 0) is 18.6 Å². The van der Waals surface area contributed by atoms with E-state index in [4.69, 9.17) is 28.9 Å². The van der Waals surface area contributed by atoms with Crippen LogP contribution < -0.4 is 11.1 Å². The molecule has 16 heavy (non-hydrogen) atoms. The fraction of sp³-hybridized carbons (Fsp3) is 0.364. The molecule has 0 fully saturated rings. The van der Waals surface area contributed by atoms with Gasteiger partial charge in [-0.3, -0.25) is 4.99 Å². The molecule has 1 aromatic rings. The quantitative estimate of drug-likeness (QED) is 0.854. The van der Waals surface area contributed by atoms with E-state index in [0.29, 0.717) is 10.0 Å². The zero-order chi connectivity index (χ0) is 11.8. The minimum Gasteiger partial charge on any atom is -0.370 e. The molecule has 86 valence electrons. The normalized spacial score (nSPS) is 18.9. The topological polar surface area (TPSA) is 50.4 Å². The molecule has 1 heterocycles. The molecular weight excluding hydrogens is 245 g/mol. The fourth-order valence-corrected chi connectivity index (χ4v) is 2.28. The molecule has 5 heteroatoms. The molecule has 1 aromatic carbocycles. The second-order valence-electron chi connectivity index (χ2n) is 3.96. The Hall–Kier alpha value is -0.770. The van der Waals surface area contributed by atoms with Crippen LogP contribution in [0, 0.1) is 0 Å². The summed E-state index contributed by atoms with van der Waals surface area (Å²) in [6.45, 7) is 3.45. The lowest BCUT2D eigenvalue weighted by Crippen LogP contribution is -2.47. The van der Waals surface area contributed by atoms with Crippen molar-refractivity contribution in [3.8, 4) is 0 Å². The third kappa shape index (κ3) is 1.90. The highest BCUT2D eigenvalue weighted by Gasteiger charge is 2.32. The van der Waals surface area contributed by atoms with Gasteiger partial charge in [0.2, 0.25) is 0 Å². The number of halogens is 2. The van der Waals surface area contributed by atoms with Gasteiger partial charge in [0, 0.05) is 6.54 Å². The molecule has 0 aliphatic carbocycles. The Bertz CT molecular complexity index is 441. The molecule has 1 atom stereocenters. The zero-order valence-electron chi connectivity index (χ0n) is 8.93. The minimum absolute atomic E-state index is 0.491.